The normalized spacial score (nSPS) is 11.3. The van der Waals surface area contributed by atoms with E-state index in [2.05, 4.69) is 30.8 Å². The van der Waals surface area contributed by atoms with E-state index in [-0.39, 0.29) is 5.91 Å². The number of carbonyl (C=O) groups is 2. The molecule has 0 fully saturated rings. The van der Waals surface area contributed by atoms with Crippen molar-refractivity contribution >= 4 is 74.3 Å². The Labute approximate surface area is 199 Å². The summed E-state index contributed by atoms with van der Waals surface area (Å²) in [5.74, 6) is 0.176. The van der Waals surface area contributed by atoms with Crippen molar-refractivity contribution in [1.82, 2.24) is 20.2 Å². The molecular weight excluding hydrogens is 471 g/mol. The average Bonchev–Trinajstić information content (AvgIpc) is 3.17. The molecule has 3 N–H and O–H groups in total. The fourth-order valence-electron chi connectivity index (χ4n) is 2.74. The number of nitrogens with zero attached hydrogens (tertiary/aromatic N) is 3. The minimum Gasteiger partial charge on any atom is -0.353 e. The molecule has 0 radical (unpaired) electrons. The fourth-order valence-corrected chi connectivity index (χ4v) is 4.19. The molecule has 0 spiro atoms. The summed E-state index contributed by atoms with van der Waals surface area (Å²) in [6.07, 6.45) is 5.42. The first-order valence-corrected chi connectivity index (χ1v) is 11.3. The number of thiophene rings is 1. The van der Waals surface area contributed by atoms with Gasteiger partial charge in [-0.1, -0.05) is 29.3 Å². The topological polar surface area (TPSA) is 99.2 Å². The van der Waals surface area contributed by atoms with Crippen molar-refractivity contribution in [1.29, 1.82) is 0 Å². The van der Waals surface area contributed by atoms with Crippen LogP contribution in [0, 0.1) is 0 Å². The van der Waals surface area contributed by atoms with Gasteiger partial charge in [-0.3, -0.25) is 10.1 Å². The second-order valence-corrected chi connectivity index (χ2v) is 8.94. The third kappa shape index (κ3) is 6.64. The van der Waals surface area contributed by atoms with Crippen molar-refractivity contribution in [3.8, 4) is 0 Å². The van der Waals surface area contributed by atoms with Gasteiger partial charge < -0.3 is 15.5 Å². The van der Waals surface area contributed by atoms with Gasteiger partial charge in [0.05, 0.1) is 25.9 Å². The van der Waals surface area contributed by atoms with Crippen molar-refractivity contribution in [3.05, 3.63) is 51.6 Å². The smallest absolute Gasteiger partial charge is 0.324 e. The van der Waals surface area contributed by atoms with Gasteiger partial charge in [0.1, 0.15) is 6.33 Å². The molecule has 168 valence electrons. The van der Waals surface area contributed by atoms with E-state index in [0.29, 0.717) is 38.3 Å². The molecule has 8 nitrogen and oxygen atoms in total. The zero-order valence-corrected chi connectivity index (χ0v) is 19.8. The van der Waals surface area contributed by atoms with Crippen LogP contribution in [0.1, 0.15) is 11.3 Å². The van der Waals surface area contributed by atoms with E-state index in [1.807, 2.05) is 20.2 Å². The lowest BCUT2D eigenvalue weighted by Gasteiger charge is -2.10. The minimum atomic E-state index is -0.539. The summed E-state index contributed by atoms with van der Waals surface area (Å²) in [6.45, 7) is 1.52. The number of hydrogen-bond acceptors (Lipinski definition) is 6. The summed E-state index contributed by atoms with van der Waals surface area (Å²) in [5.41, 5.74) is 0.965. The van der Waals surface area contributed by atoms with E-state index in [9.17, 15) is 9.59 Å². The van der Waals surface area contributed by atoms with Crippen molar-refractivity contribution in [2.75, 3.05) is 37.8 Å². The quantitative estimate of drug-likeness (QED) is 0.312. The van der Waals surface area contributed by atoms with E-state index >= 15 is 0 Å². The summed E-state index contributed by atoms with van der Waals surface area (Å²) >= 11 is 13.6. The van der Waals surface area contributed by atoms with Crippen LogP contribution in [0.5, 0.6) is 0 Å². The maximum absolute atomic E-state index is 12.5. The first-order chi connectivity index (χ1) is 15.3. The summed E-state index contributed by atoms with van der Waals surface area (Å²) < 4.78 is 0.680. The van der Waals surface area contributed by atoms with Crippen LogP contribution in [0.2, 0.25) is 10.0 Å². The summed E-state index contributed by atoms with van der Waals surface area (Å²) in [6, 6.07) is 6.23. The standard InChI is InChI=1S/C21H22Cl2N6O2S/c1-29(2)10-4-9-24-17(30)8-7-13-11-16-19(32-13)20(26-12-25-16)28-21(31)27-18-14(22)5-3-6-15(18)23/h3,5-8,11-12H,4,9-10H2,1-2H3,(H,24,30)(H2,25,26,27,28,31)/b8-7+. The lowest BCUT2D eigenvalue weighted by Crippen LogP contribution is -2.25. The van der Waals surface area contributed by atoms with E-state index in [1.165, 1.54) is 23.7 Å². The van der Waals surface area contributed by atoms with Crippen LogP contribution in [-0.2, 0) is 4.79 Å². The number of rotatable bonds is 8. The van der Waals surface area contributed by atoms with Gasteiger partial charge in [-0.05, 0) is 51.3 Å². The number of amides is 3. The number of fused-ring (bicyclic) bond motifs is 1. The Kier molecular flexibility index (Phi) is 8.40. The summed E-state index contributed by atoms with van der Waals surface area (Å²) in [4.78, 5) is 35.7. The predicted octanol–water partition coefficient (Wildman–Crippen LogP) is 4.72. The molecule has 2 aromatic heterocycles. The molecule has 0 aliphatic carbocycles. The monoisotopic (exact) mass is 492 g/mol. The number of nitrogens with one attached hydrogen (secondary N) is 3. The van der Waals surface area contributed by atoms with Crippen LogP contribution in [0.3, 0.4) is 0 Å². The molecule has 1 aromatic carbocycles. The lowest BCUT2D eigenvalue weighted by molar-refractivity contribution is -0.116. The zero-order valence-electron chi connectivity index (χ0n) is 17.5. The second kappa shape index (κ2) is 11.2. The molecule has 2 heterocycles. The van der Waals surface area contributed by atoms with Crippen molar-refractivity contribution in [2.45, 2.75) is 6.42 Å². The maximum Gasteiger partial charge on any atom is 0.324 e. The largest absolute Gasteiger partial charge is 0.353 e. The van der Waals surface area contributed by atoms with Crippen LogP contribution in [0.15, 0.2) is 36.7 Å². The highest BCUT2D eigenvalue weighted by Crippen LogP contribution is 2.32. The van der Waals surface area contributed by atoms with Crippen LogP contribution < -0.4 is 16.0 Å². The molecule has 0 aliphatic rings. The Hall–Kier alpha value is -2.72. The van der Waals surface area contributed by atoms with Gasteiger partial charge in [0, 0.05) is 17.5 Å². The van der Waals surface area contributed by atoms with Gasteiger partial charge in [0.25, 0.3) is 0 Å². The lowest BCUT2D eigenvalue weighted by atomic mass is 10.3. The molecule has 0 bridgehead atoms. The van der Waals surface area contributed by atoms with E-state index in [4.69, 9.17) is 23.2 Å². The highest BCUT2D eigenvalue weighted by molar-refractivity contribution is 7.20. The van der Waals surface area contributed by atoms with Crippen molar-refractivity contribution in [2.24, 2.45) is 0 Å². The van der Waals surface area contributed by atoms with Crippen LogP contribution in [0.25, 0.3) is 16.3 Å². The van der Waals surface area contributed by atoms with E-state index < -0.39 is 6.03 Å². The second-order valence-electron chi connectivity index (χ2n) is 7.04. The van der Waals surface area contributed by atoms with Gasteiger partial charge in [-0.2, -0.15) is 0 Å². The molecule has 3 rings (SSSR count). The minimum absolute atomic E-state index is 0.165. The molecule has 11 heteroatoms. The molecular formula is C21H22Cl2N6O2S. The van der Waals surface area contributed by atoms with Crippen molar-refractivity contribution < 1.29 is 9.59 Å². The third-order valence-corrected chi connectivity index (χ3v) is 5.97. The van der Waals surface area contributed by atoms with Gasteiger partial charge in [-0.15, -0.1) is 11.3 Å². The Bertz CT molecular complexity index is 1130. The van der Waals surface area contributed by atoms with Gasteiger partial charge in [0.2, 0.25) is 5.91 Å². The van der Waals surface area contributed by atoms with Gasteiger partial charge >= 0.3 is 6.03 Å². The van der Waals surface area contributed by atoms with Crippen LogP contribution >= 0.6 is 34.5 Å². The van der Waals surface area contributed by atoms with E-state index in [1.54, 1.807) is 24.3 Å². The molecule has 32 heavy (non-hydrogen) atoms. The zero-order chi connectivity index (χ0) is 23.1. The number of benzene rings is 1. The first-order valence-electron chi connectivity index (χ1n) is 9.70. The number of para-hydroxylation sites is 1. The molecule has 0 unspecified atom stereocenters. The number of halogens is 2. The molecule has 0 aliphatic heterocycles. The molecule has 0 saturated carbocycles. The molecule has 3 amide bonds. The number of hydrogen-bond donors (Lipinski definition) is 3. The molecule has 0 atom stereocenters. The number of anilines is 2. The van der Waals surface area contributed by atoms with Crippen molar-refractivity contribution in [3.63, 3.8) is 0 Å². The predicted molar refractivity (Wildman–Crippen MR) is 132 cm³/mol. The van der Waals surface area contributed by atoms with Crippen LogP contribution in [-0.4, -0.2) is 54.0 Å². The van der Waals surface area contributed by atoms with Gasteiger partial charge in [0.15, 0.2) is 5.82 Å². The highest BCUT2D eigenvalue weighted by Gasteiger charge is 2.13. The SMILES string of the molecule is CN(C)CCCNC(=O)/C=C/c1cc2ncnc(NC(=O)Nc3c(Cl)cccc3Cl)c2s1. The Morgan fingerprint density at radius 1 is 1.16 bits per heavy atom. The fraction of sp³-hybridized carbons (Fsp3) is 0.238. The Morgan fingerprint density at radius 2 is 1.91 bits per heavy atom. The number of urea groups is 1. The van der Waals surface area contributed by atoms with E-state index in [0.717, 1.165) is 17.8 Å². The van der Waals surface area contributed by atoms with Gasteiger partial charge in [-0.25, -0.2) is 14.8 Å². The molecule has 3 aromatic rings. The number of aromatic nitrogens is 2. The Morgan fingerprint density at radius 3 is 2.62 bits per heavy atom. The highest BCUT2D eigenvalue weighted by atomic mass is 35.5. The van der Waals surface area contributed by atoms with Crippen LogP contribution in [0.4, 0.5) is 16.3 Å². The third-order valence-electron chi connectivity index (χ3n) is 4.24. The molecule has 0 saturated heterocycles. The first kappa shape index (κ1) is 23.9. The maximum atomic E-state index is 12.5. The Balaban J connectivity index is 1.66. The average molecular weight is 493 g/mol. The summed E-state index contributed by atoms with van der Waals surface area (Å²) in [7, 11) is 3.98. The summed E-state index contributed by atoms with van der Waals surface area (Å²) in [5, 5.41) is 8.82. The number of carbonyl (C=O) groups excluding carboxylic acids is 2.